The second-order valence-corrected chi connectivity index (χ2v) is 4.64. The Morgan fingerprint density at radius 1 is 1.56 bits per heavy atom. The average molecular weight is 253 g/mol. The van der Waals surface area contributed by atoms with Crippen molar-refractivity contribution in [2.24, 2.45) is 7.05 Å². The maximum Gasteiger partial charge on any atom is 0.304 e. The van der Waals surface area contributed by atoms with Crippen LogP contribution >= 0.6 is 0 Å². The molecular formula is C13H23N3O2. The molecule has 0 aliphatic carbocycles. The summed E-state index contributed by atoms with van der Waals surface area (Å²) in [6, 6.07) is 0.0393. The summed E-state index contributed by atoms with van der Waals surface area (Å²) in [6.07, 6.45) is 3.10. The van der Waals surface area contributed by atoms with Gasteiger partial charge in [0.1, 0.15) is 0 Å². The summed E-state index contributed by atoms with van der Waals surface area (Å²) in [5.74, 6) is -0.747. The van der Waals surface area contributed by atoms with Crippen LogP contribution in [0.25, 0.3) is 0 Å². The number of rotatable bonds is 7. The van der Waals surface area contributed by atoms with Gasteiger partial charge in [0.2, 0.25) is 0 Å². The van der Waals surface area contributed by atoms with E-state index in [9.17, 15) is 4.79 Å². The van der Waals surface area contributed by atoms with Crippen molar-refractivity contribution >= 4 is 5.97 Å². The fourth-order valence-corrected chi connectivity index (χ4v) is 2.19. The number of hydrogen-bond acceptors (Lipinski definition) is 3. The van der Waals surface area contributed by atoms with Gasteiger partial charge in [0.05, 0.1) is 12.1 Å². The molecule has 0 saturated heterocycles. The van der Waals surface area contributed by atoms with E-state index in [2.05, 4.69) is 23.8 Å². The first-order valence-electron chi connectivity index (χ1n) is 6.45. The Morgan fingerprint density at radius 3 is 2.72 bits per heavy atom. The van der Waals surface area contributed by atoms with E-state index >= 15 is 0 Å². The van der Waals surface area contributed by atoms with Crippen molar-refractivity contribution in [3.8, 4) is 0 Å². The third kappa shape index (κ3) is 3.84. The van der Waals surface area contributed by atoms with Gasteiger partial charge in [0.25, 0.3) is 0 Å². The van der Waals surface area contributed by atoms with E-state index in [-0.39, 0.29) is 12.5 Å². The van der Waals surface area contributed by atoms with Crippen molar-refractivity contribution in [3.63, 3.8) is 0 Å². The molecule has 0 saturated carbocycles. The summed E-state index contributed by atoms with van der Waals surface area (Å²) in [7, 11) is 1.92. The Bertz CT molecular complexity index is 401. The summed E-state index contributed by atoms with van der Waals surface area (Å²) in [5.41, 5.74) is 2.29. The van der Waals surface area contributed by atoms with E-state index in [1.807, 2.05) is 24.9 Å². The molecule has 0 bridgehead atoms. The Kier molecular flexibility index (Phi) is 5.34. The van der Waals surface area contributed by atoms with Gasteiger partial charge in [-0.2, -0.15) is 5.10 Å². The summed E-state index contributed by atoms with van der Waals surface area (Å²) in [5, 5.41) is 13.3. The zero-order valence-corrected chi connectivity index (χ0v) is 11.7. The van der Waals surface area contributed by atoms with Crippen molar-refractivity contribution in [3.05, 3.63) is 17.5 Å². The molecule has 1 unspecified atom stereocenters. The van der Waals surface area contributed by atoms with Crippen molar-refractivity contribution in [1.82, 2.24) is 14.7 Å². The van der Waals surface area contributed by atoms with Crippen LogP contribution in [0.5, 0.6) is 0 Å². The predicted molar refractivity (Wildman–Crippen MR) is 70.4 cm³/mol. The lowest BCUT2D eigenvalue weighted by atomic mass is 10.1. The maximum absolute atomic E-state index is 10.8. The van der Waals surface area contributed by atoms with Gasteiger partial charge in [-0.3, -0.25) is 14.4 Å². The van der Waals surface area contributed by atoms with Gasteiger partial charge in [-0.25, -0.2) is 0 Å². The molecule has 1 aromatic rings. The molecule has 102 valence electrons. The van der Waals surface area contributed by atoms with Crippen LogP contribution in [0.3, 0.4) is 0 Å². The fourth-order valence-electron chi connectivity index (χ4n) is 2.19. The number of hydrogen-bond donors (Lipinski definition) is 1. The van der Waals surface area contributed by atoms with E-state index in [1.54, 1.807) is 0 Å². The summed E-state index contributed by atoms with van der Waals surface area (Å²) >= 11 is 0. The van der Waals surface area contributed by atoms with Gasteiger partial charge in [0, 0.05) is 31.4 Å². The Labute approximate surface area is 108 Å². The normalized spacial score (nSPS) is 12.9. The van der Waals surface area contributed by atoms with Crippen LogP contribution in [0.4, 0.5) is 0 Å². The number of aryl methyl sites for hydroxylation is 2. The molecule has 5 nitrogen and oxygen atoms in total. The minimum absolute atomic E-state index is 0.0393. The van der Waals surface area contributed by atoms with Crippen LogP contribution in [0.15, 0.2) is 6.20 Å². The minimum atomic E-state index is -0.747. The van der Waals surface area contributed by atoms with Crippen LogP contribution in [0, 0.1) is 0 Å². The van der Waals surface area contributed by atoms with E-state index < -0.39 is 5.97 Å². The largest absolute Gasteiger partial charge is 0.481 e. The molecule has 0 fully saturated rings. The number of carbonyl (C=O) groups is 1. The monoisotopic (exact) mass is 253 g/mol. The molecule has 1 rings (SSSR count). The molecule has 0 aromatic carbocycles. The van der Waals surface area contributed by atoms with Crippen LogP contribution < -0.4 is 0 Å². The van der Waals surface area contributed by atoms with Crippen molar-refractivity contribution in [2.45, 2.75) is 46.2 Å². The van der Waals surface area contributed by atoms with E-state index in [4.69, 9.17) is 5.11 Å². The smallest absolute Gasteiger partial charge is 0.304 e. The summed E-state index contributed by atoms with van der Waals surface area (Å²) in [4.78, 5) is 12.9. The van der Waals surface area contributed by atoms with Crippen molar-refractivity contribution in [1.29, 1.82) is 0 Å². The third-order valence-electron chi connectivity index (χ3n) is 3.20. The summed E-state index contributed by atoms with van der Waals surface area (Å²) < 4.78 is 1.82. The topological polar surface area (TPSA) is 58.4 Å². The SMILES string of the molecule is CCc1nn(C)cc1CN(CC)C(C)CC(=O)O. The fraction of sp³-hybridized carbons (Fsp3) is 0.692. The quantitative estimate of drug-likeness (QED) is 0.803. The Morgan fingerprint density at radius 2 is 2.22 bits per heavy atom. The molecule has 1 atom stereocenters. The number of aromatic nitrogens is 2. The zero-order chi connectivity index (χ0) is 13.7. The predicted octanol–water partition coefficient (Wildman–Crippen LogP) is 1.67. The highest BCUT2D eigenvalue weighted by Crippen LogP contribution is 2.14. The van der Waals surface area contributed by atoms with Crippen LogP contribution in [-0.2, 0) is 24.8 Å². The van der Waals surface area contributed by atoms with Crippen LogP contribution in [-0.4, -0.2) is 38.3 Å². The molecule has 0 aliphatic rings. The molecular weight excluding hydrogens is 230 g/mol. The standard InChI is InChI=1S/C13H23N3O2/c1-5-12-11(8-15(4)14-12)9-16(6-2)10(3)7-13(17)18/h8,10H,5-7,9H2,1-4H3,(H,17,18). The van der Waals surface area contributed by atoms with Crippen LogP contribution in [0.1, 0.15) is 38.4 Å². The summed E-state index contributed by atoms with van der Waals surface area (Å²) in [6.45, 7) is 7.71. The highest BCUT2D eigenvalue weighted by atomic mass is 16.4. The second kappa shape index (κ2) is 6.54. The first kappa shape index (κ1) is 14.7. The highest BCUT2D eigenvalue weighted by molar-refractivity contribution is 5.67. The molecule has 1 heterocycles. The van der Waals surface area contributed by atoms with Gasteiger partial charge < -0.3 is 5.11 Å². The Hall–Kier alpha value is -1.36. The Balaban J connectivity index is 2.75. The molecule has 0 spiro atoms. The molecule has 0 amide bonds. The minimum Gasteiger partial charge on any atom is -0.481 e. The van der Waals surface area contributed by atoms with Gasteiger partial charge >= 0.3 is 5.97 Å². The molecule has 0 radical (unpaired) electrons. The molecule has 0 aliphatic heterocycles. The highest BCUT2D eigenvalue weighted by Gasteiger charge is 2.17. The first-order valence-corrected chi connectivity index (χ1v) is 6.45. The van der Waals surface area contributed by atoms with E-state index in [1.165, 1.54) is 5.56 Å². The molecule has 5 heteroatoms. The first-order chi connectivity index (χ1) is 8.47. The van der Waals surface area contributed by atoms with Gasteiger partial charge in [0.15, 0.2) is 0 Å². The van der Waals surface area contributed by atoms with E-state index in [0.717, 1.165) is 25.2 Å². The second-order valence-electron chi connectivity index (χ2n) is 4.64. The van der Waals surface area contributed by atoms with Crippen molar-refractivity contribution < 1.29 is 9.90 Å². The lowest BCUT2D eigenvalue weighted by Crippen LogP contribution is -2.34. The van der Waals surface area contributed by atoms with Gasteiger partial charge in [-0.1, -0.05) is 13.8 Å². The van der Waals surface area contributed by atoms with Gasteiger partial charge in [-0.05, 0) is 19.9 Å². The lowest BCUT2D eigenvalue weighted by molar-refractivity contribution is -0.138. The lowest BCUT2D eigenvalue weighted by Gasteiger charge is -2.26. The molecule has 18 heavy (non-hydrogen) atoms. The number of carboxylic acids is 1. The maximum atomic E-state index is 10.8. The zero-order valence-electron chi connectivity index (χ0n) is 11.7. The average Bonchev–Trinajstić information content (AvgIpc) is 2.65. The third-order valence-corrected chi connectivity index (χ3v) is 3.20. The van der Waals surface area contributed by atoms with Crippen molar-refractivity contribution in [2.75, 3.05) is 6.54 Å². The number of carboxylic acid groups (broad SMARTS) is 1. The molecule has 1 N–H and O–H groups in total. The van der Waals surface area contributed by atoms with Crippen LogP contribution in [0.2, 0.25) is 0 Å². The number of aliphatic carboxylic acids is 1. The van der Waals surface area contributed by atoms with E-state index in [0.29, 0.717) is 0 Å². The molecule has 1 aromatic heterocycles. The van der Waals surface area contributed by atoms with Gasteiger partial charge in [-0.15, -0.1) is 0 Å². The number of nitrogens with zero attached hydrogens (tertiary/aromatic N) is 3.